The van der Waals surface area contributed by atoms with Gasteiger partial charge >= 0.3 is 0 Å². The Bertz CT molecular complexity index is 289. The van der Waals surface area contributed by atoms with E-state index in [1.807, 2.05) is 24.3 Å². The normalized spacial score (nSPS) is 11.3. The van der Waals surface area contributed by atoms with Crippen LogP contribution in [0, 0.1) is 0 Å². The van der Waals surface area contributed by atoms with E-state index in [-0.39, 0.29) is 0 Å². The number of nitrogens with two attached hydrogens (primary N) is 2. The van der Waals surface area contributed by atoms with Crippen molar-refractivity contribution in [2.45, 2.75) is 6.42 Å². The number of nitrogens with one attached hydrogen (secondary N) is 1. The lowest BCUT2D eigenvalue weighted by molar-refractivity contribution is 0.889. The summed E-state index contributed by atoms with van der Waals surface area (Å²) in [7, 11) is 1.72. The monoisotopic (exact) mass is 178 g/mol. The summed E-state index contributed by atoms with van der Waals surface area (Å²) in [4.78, 5) is 0. The fraction of sp³-hybridized carbons (Fsp3) is 0.222. The van der Waals surface area contributed by atoms with E-state index in [0.29, 0.717) is 12.3 Å². The van der Waals surface area contributed by atoms with Crippen LogP contribution in [0.15, 0.2) is 29.4 Å². The topological polar surface area (TPSA) is 76.4 Å². The van der Waals surface area contributed by atoms with Gasteiger partial charge in [0.1, 0.15) is 5.84 Å². The lowest BCUT2D eigenvalue weighted by Crippen LogP contribution is -2.18. The maximum absolute atomic E-state index is 5.61. The summed E-state index contributed by atoms with van der Waals surface area (Å²) in [5, 5.41) is 3.86. The Morgan fingerprint density at radius 2 is 2.00 bits per heavy atom. The van der Waals surface area contributed by atoms with E-state index in [1.54, 1.807) is 7.05 Å². The average molecular weight is 178 g/mol. The molecule has 0 aliphatic carbocycles. The number of hydrogen-bond acceptors (Lipinski definition) is 3. The molecule has 0 heterocycles. The van der Waals surface area contributed by atoms with Crippen molar-refractivity contribution < 1.29 is 0 Å². The van der Waals surface area contributed by atoms with Gasteiger partial charge in [-0.2, -0.15) is 5.10 Å². The molecular formula is C9H14N4. The van der Waals surface area contributed by atoms with Gasteiger partial charge in [0, 0.05) is 19.2 Å². The Balaban J connectivity index is 2.64. The van der Waals surface area contributed by atoms with E-state index in [0.717, 1.165) is 11.3 Å². The van der Waals surface area contributed by atoms with Crippen LogP contribution in [0.25, 0.3) is 0 Å². The van der Waals surface area contributed by atoms with E-state index in [2.05, 4.69) is 10.5 Å². The third-order valence-electron chi connectivity index (χ3n) is 1.62. The van der Waals surface area contributed by atoms with Gasteiger partial charge < -0.3 is 16.9 Å². The molecule has 0 aromatic heterocycles. The standard InChI is InChI=1S/C9H14N4/c1-12-13-9(11)6-7-2-4-8(10)5-3-7/h2-5,12H,6,10H2,1H3,(H2,11,13). The number of anilines is 1. The Morgan fingerprint density at radius 3 is 2.54 bits per heavy atom. The number of amidine groups is 1. The van der Waals surface area contributed by atoms with E-state index in [4.69, 9.17) is 11.5 Å². The summed E-state index contributed by atoms with van der Waals surface area (Å²) in [5.74, 6) is 0.562. The van der Waals surface area contributed by atoms with Gasteiger partial charge in [0.25, 0.3) is 0 Å². The van der Waals surface area contributed by atoms with E-state index in [9.17, 15) is 0 Å². The first-order chi connectivity index (χ1) is 6.22. The van der Waals surface area contributed by atoms with Crippen molar-refractivity contribution in [3.8, 4) is 0 Å². The summed E-state index contributed by atoms with van der Waals surface area (Å²) in [5.41, 5.74) is 15.7. The molecule has 70 valence electrons. The Hall–Kier alpha value is -1.71. The van der Waals surface area contributed by atoms with Crippen LogP contribution in [0.3, 0.4) is 0 Å². The van der Waals surface area contributed by atoms with E-state index < -0.39 is 0 Å². The minimum Gasteiger partial charge on any atom is -0.399 e. The molecule has 0 aliphatic rings. The van der Waals surface area contributed by atoms with Gasteiger partial charge in [-0.05, 0) is 17.7 Å². The number of benzene rings is 1. The fourth-order valence-electron chi connectivity index (χ4n) is 1.03. The summed E-state index contributed by atoms with van der Waals surface area (Å²) >= 11 is 0. The second-order valence-electron chi connectivity index (χ2n) is 2.75. The van der Waals surface area contributed by atoms with Crippen LogP contribution in [0.5, 0.6) is 0 Å². The SMILES string of the molecule is CN/N=C(\N)Cc1ccc(N)cc1. The molecule has 1 aromatic carbocycles. The van der Waals surface area contributed by atoms with Gasteiger partial charge in [0.05, 0.1) is 0 Å². The molecule has 0 saturated carbocycles. The smallest absolute Gasteiger partial charge is 0.124 e. The van der Waals surface area contributed by atoms with Crippen molar-refractivity contribution in [1.82, 2.24) is 5.43 Å². The predicted octanol–water partition coefficient (Wildman–Crippen LogP) is 0.303. The van der Waals surface area contributed by atoms with Crippen LogP contribution >= 0.6 is 0 Å². The highest BCUT2D eigenvalue weighted by Gasteiger charge is 1.95. The first-order valence-corrected chi connectivity index (χ1v) is 4.05. The zero-order valence-corrected chi connectivity index (χ0v) is 7.62. The van der Waals surface area contributed by atoms with Crippen molar-refractivity contribution in [3.63, 3.8) is 0 Å². The van der Waals surface area contributed by atoms with Gasteiger partial charge in [-0.15, -0.1) is 0 Å². The Morgan fingerprint density at radius 1 is 1.38 bits per heavy atom. The number of hydrazone groups is 1. The van der Waals surface area contributed by atoms with Crippen LogP contribution in [0.2, 0.25) is 0 Å². The zero-order chi connectivity index (χ0) is 9.68. The van der Waals surface area contributed by atoms with Crippen molar-refractivity contribution >= 4 is 11.5 Å². The molecule has 1 rings (SSSR count). The molecule has 0 bridgehead atoms. The van der Waals surface area contributed by atoms with Crippen molar-refractivity contribution in [2.75, 3.05) is 12.8 Å². The molecule has 13 heavy (non-hydrogen) atoms. The quantitative estimate of drug-likeness (QED) is 0.270. The van der Waals surface area contributed by atoms with Crippen LogP contribution in [-0.4, -0.2) is 12.9 Å². The lowest BCUT2D eigenvalue weighted by atomic mass is 10.1. The number of nitrogen functional groups attached to an aromatic ring is 1. The first kappa shape index (κ1) is 9.38. The molecule has 0 spiro atoms. The number of hydrogen-bond donors (Lipinski definition) is 3. The Kier molecular flexibility index (Phi) is 3.14. The molecular weight excluding hydrogens is 164 g/mol. The third-order valence-corrected chi connectivity index (χ3v) is 1.62. The summed E-state index contributed by atoms with van der Waals surface area (Å²) in [6.07, 6.45) is 0.640. The highest BCUT2D eigenvalue weighted by atomic mass is 15.3. The minimum absolute atomic E-state index is 0.562. The van der Waals surface area contributed by atoms with Gasteiger partial charge in [-0.25, -0.2) is 0 Å². The van der Waals surface area contributed by atoms with E-state index in [1.165, 1.54) is 0 Å². The average Bonchev–Trinajstić information content (AvgIpc) is 2.09. The van der Waals surface area contributed by atoms with Gasteiger partial charge in [-0.1, -0.05) is 12.1 Å². The van der Waals surface area contributed by atoms with Crippen LogP contribution in [-0.2, 0) is 6.42 Å². The summed E-state index contributed by atoms with van der Waals surface area (Å²) in [6, 6.07) is 7.57. The second-order valence-corrected chi connectivity index (χ2v) is 2.75. The molecule has 0 aliphatic heterocycles. The van der Waals surface area contributed by atoms with Gasteiger partial charge in [0.2, 0.25) is 0 Å². The van der Waals surface area contributed by atoms with Crippen molar-refractivity contribution in [1.29, 1.82) is 0 Å². The molecule has 0 saturated heterocycles. The predicted molar refractivity (Wildman–Crippen MR) is 55.2 cm³/mol. The zero-order valence-electron chi connectivity index (χ0n) is 7.62. The highest BCUT2D eigenvalue weighted by molar-refractivity contribution is 5.82. The van der Waals surface area contributed by atoms with E-state index >= 15 is 0 Å². The molecule has 0 fully saturated rings. The van der Waals surface area contributed by atoms with Gasteiger partial charge in [-0.3, -0.25) is 0 Å². The molecule has 0 atom stereocenters. The van der Waals surface area contributed by atoms with Crippen molar-refractivity contribution in [2.24, 2.45) is 10.8 Å². The molecule has 1 aromatic rings. The molecule has 0 radical (unpaired) electrons. The van der Waals surface area contributed by atoms with Crippen LogP contribution < -0.4 is 16.9 Å². The largest absolute Gasteiger partial charge is 0.399 e. The fourth-order valence-corrected chi connectivity index (χ4v) is 1.03. The number of rotatable bonds is 3. The molecule has 0 amide bonds. The second kappa shape index (κ2) is 4.35. The third kappa shape index (κ3) is 3.02. The summed E-state index contributed by atoms with van der Waals surface area (Å²) < 4.78 is 0. The molecule has 0 unspecified atom stereocenters. The first-order valence-electron chi connectivity index (χ1n) is 4.05. The lowest BCUT2D eigenvalue weighted by Gasteiger charge is -2.01. The number of nitrogens with zero attached hydrogens (tertiary/aromatic N) is 1. The Labute approximate surface area is 77.6 Å². The van der Waals surface area contributed by atoms with Gasteiger partial charge in [0.15, 0.2) is 0 Å². The summed E-state index contributed by atoms with van der Waals surface area (Å²) in [6.45, 7) is 0. The maximum Gasteiger partial charge on any atom is 0.124 e. The maximum atomic E-state index is 5.61. The molecule has 4 heteroatoms. The van der Waals surface area contributed by atoms with Crippen LogP contribution in [0.4, 0.5) is 5.69 Å². The highest BCUT2D eigenvalue weighted by Crippen LogP contribution is 2.05. The van der Waals surface area contributed by atoms with Crippen molar-refractivity contribution in [3.05, 3.63) is 29.8 Å². The molecule has 4 nitrogen and oxygen atoms in total. The van der Waals surface area contributed by atoms with Crippen LogP contribution in [0.1, 0.15) is 5.56 Å². The minimum atomic E-state index is 0.562. The molecule has 5 N–H and O–H groups in total.